The van der Waals surface area contributed by atoms with Crippen LogP contribution in [0.3, 0.4) is 0 Å². The molecule has 1 amide bonds. The zero-order chi connectivity index (χ0) is 16.9. The van der Waals surface area contributed by atoms with E-state index in [9.17, 15) is 9.59 Å². The first-order valence-electron chi connectivity index (χ1n) is 8.54. The highest BCUT2D eigenvalue weighted by Crippen LogP contribution is 2.31. The van der Waals surface area contributed by atoms with Crippen LogP contribution in [0.15, 0.2) is 30.3 Å². The Bertz CT molecular complexity index is 620. The van der Waals surface area contributed by atoms with Gasteiger partial charge in [-0.2, -0.15) is 0 Å². The van der Waals surface area contributed by atoms with Gasteiger partial charge in [-0.25, -0.2) is 4.79 Å². The molecule has 0 aromatic heterocycles. The van der Waals surface area contributed by atoms with E-state index in [0.717, 1.165) is 24.7 Å². The number of esters is 1. The molecule has 1 aromatic rings. The van der Waals surface area contributed by atoms with Crippen LogP contribution < -0.4 is 5.32 Å². The van der Waals surface area contributed by atoms with Crippen LogP contribution in [0.25, 0.3) is 6.08 Å². The molecular weight excluding hydrogens is 304 g/mol. The molecule has 1 N–H and O–H groups in total. The SMILES string of the molecule is COC(=O)c1ccc(/C=C/C(=O)NCC2CCN(C3CC3)C2)cc1. The normalized spacial score (nSPS) is 21.1. The second kappa shape index (κ2) is 7.62. The molecule has 2 fully saturated rings. The molecule has 1 saturated heterocycles. The lowest BCUT2D eigenvalue weighted by Gasteiger charge is -2.14. The number of hydrogen-bond donors (Lipinski definition) is 1. The van der Waals surface area contributed by atoms with Crippen LogP contribution in [0.5, 0.6) is 0 Å². The topological polar surface area (TPSA) is 58.6 Å². The van der Waals surface area contributed by atoms with E-state index in [1.807, 2.05) is 0 Å². The zero-order valence-electron chi connectivity index (χ0n) is 14.0. The summed E-state index contributed by atoms with van der Waals surface area (Å²) in [5.74, 6) is 0.138. The van der Waals surface area contributed by atoms with Gasteiger partial charge in [0.25, 0.3) is 0 Å². The standard InChI is InChI=1S/C19H24N2O3/c1-24-19(23)16-5-2-14(3-6-16)4-9-18(22)20-12-15-10-11-21(13-15)17-7-8-17/h2-6,9,15,17H,7-8,10-13H2,1H3,(H,20,22)/b9-4+. The Kier molecular flexibility index (Phi) is 5.30. The van der Waals surface area contributed by atoms with Gasteiger partial charge in [0.05, 0.1) is 12.7 Å². The molecule has 0 radical (unpaired) electrons. The average Bonchev–Trinajstić information content (AvgIpc) is 3.36. The number of nitrogens with one attached hydrogen (secondary N) is 1. The third-order valence-electron chi connectivity index (χ3n) is 4.70. The Morgan fingerprint density at radius 1 is 1.25 bits per heavy atom. The van der Waals surface area contributed by atoms with Gasteiger partial charge in [0.1, 0.15) is 0 Å². The molecule has 2 aliphatic rings. The number of methoxy groups -OCH3 is 1. The second-order valence-corrected chi connectivity index (χ2v) is 6.57. The third-order valence-corrected chi connectivity index (χ3v) is 4.70. The zero-order valence-corrected chi connectivity index (χ0v) is 14.0. The van der Waals surface area contributed by atoms with Gasteiger partial charge in [0, 0.05) is 25.2 Å². The van der Waals surface area contributed by atoms with Crippen molar-refractivity contribution in [3.8, 4) is 0 Å². The van der Waals surface area contributed by atoms with Gasteiger partial charge < -0.3 is 15.0 Å². The van der Waals surface area contributed by atoms with Crippen molar-refractivity contribution < 1.29 is 14.3 Å². The van der Waals surface area contributed by atoms with Crippen molar-refractivity contribution in [2.75, 3.05) is 26.7 Å². The van der Waals surface area contributed by atoms with E-state index < -0.39 is 0 Å². The lowest BCUT2D eigenvalue weighted by atomic mass is 10.1. The molecule has 128 valence electrons. The molecule has 0 spiro atoms. The van der Waals surface area contributed by atoms with Crippen LogP contribution in [-0.4, -0.2) is 49.6 Å². The molecule has 1 aliphatic carbocycles. The lowest BCUT2D eigenvalue weighted by molar-refractivity contribution is -0.116. The van der Waals surface area contributed by atoms with E-state index in [2.05, 4.69) is 15.0 Å². The van der Waals surface area contributed by atoms with Crippen molar-refractivity contribution in [1.29, 1.82) is 0 Å². The number of hydrogen-bond acceptors (Lipinski definition) is 4. The number of carbonyl (C=O) groups excluding carboxylic acids is 2. The number of ether oxygens (including phenoxy) is 1. The molecule has 1 saturated carbocycles. The maximum Gasteiger partial charge on any atom is 0.337 e. The number of benzene rings is 1. The van der Waals surface area contributed by atoms with E-state index in [1.54, 1.807) is 36.4 Å². The highest BCUT2D eigenvalue weighted by Gasteiger charge is 2.34. The van der Waals surface area contributed by atoms with E-state index in [-0.39, 0.29) is 11.9 Å². The second-order valence-electron chi connectivity index (χ2n) is 6.57. The summed E-state index contributed by atoms with van der Waals surface area (Å²) in [5.41, 5.74) is 1.37. The smallest absolute Gasteiger partial charge is 0.337 e. The van der Waals surface area contributed by atoms with Crippen LogP contribution in [-0.2, 0) is 9.53 Å². The summed E-state index contributed by atoms with van der Waals surface area (Å²) in [6.45, 7) is 3.03. The molecule has 5 nitrogen and oxygen atoms in total. The molecule has 24 heavy (non-hydrogen) atoms. The first-order chi connectivity index (χ1) is 11.7. The Labute approximate surface area is 142 Å². The number of nitrogens with zero attached hydrogens (tertiary/aromatic N) is 1. The summed E-state index contributed by atoms with van der Waals surface area (Å²) < 4.78 is 4.66. The van der Waals surface area contributed by atoms with Gasteiger partial charge in [-0.3, -0.25) is 4.79 Å². The monoisotopic (exact) mass is 328 g/mol. The number of carbonyl (C=O) groups is 2. The summed E-state index contributed by atoms with van der Waals surface area (Å²) in [4.78, 5) is 25.9. The van der Waals surface area contributed by atoms with Crippen molar-refractivity contribution in [1.82, 2.24) is 10.2 Å². The van der Waals surface area contributed by atoms with Crippen LogP contribution >= 0.6 is 0 Å². The minimum atomic E-state index is -0.361. The first-order valence-corrected chi connectivity index (χ1v) is 8.54. The first kappa shape index (κ1) is 16.7. The molecule has 1 aliphatic heterocycles. The largest absolute Gasteiger partial charge is 0.465 e. The minimum absolute atomic E-state index is 0.0723. The summed E-state index contributed by atoms with van der Waals surface area (Å²) in [7, 11) is 1.36. The lowest BCUT2D eigenvalue weighted by Crippen LogP contribution is -2.30. The highest BCUT2D eigenvalue weighted by atomic mass is 16.5. The number of rotatable bonds is 6. The van der Waals surface area contributed by atoms with E-state index in [4.69, 9.17) is 0 Å². The fourth-order valence-electron chi connectivity index (χ4n) is 3.12. The Hall–Kier alpha value is -2.14. The fourth-order valence-corrected chi connectivity index (χ4v) is 3.12. The summed E-state index contributed by atoms with van der Waals surface area (Å²) in [5, 5.41) is 2.99. The van der Waals surface area contributed by atoms with Crippen molar-refractivity contribution in [2.45, 2.75) is 25.3 Å². The summed E-state index contributed by atoms with van der Waals surface area (Å²) >= 11 is 0. The molecule has 0 bridgehead atoms. The van der Waals surface area contributed by atoms with Crippen molar-refractivity contribution >= 4 is 18.0 Å². The van der Waals surface area contributed by atoms with Crippen molar-refractivity contribution in [3.05, 3.63) is 41.5 Å². The maximum atomic E-state index is 11.9. The number of likely N-dealkylation sites (tertiary alicyclic amines) is 1. The minimum Gasteiger partial charge on any atom is -0.465 e. The van der Waals surface area contributed by atoms with Crippen LogP contribution in [0.4, 0.5) is 0 Å². The van der Waals surface area contributed by atoms with E-state index >= 15 is 0 Å². The highest BCUT2D eigenvalue weighted by molar-refractivity contribution is 5.92. The van der Waals surface area contributed by atoms with E-state index in [1.165, 1.54) is 32.9 Å². The molecule has 3 rings (SSSR count). The van der Waals surface area contributed by atoms with Crippen LogP contribution in [0, 0.1) is 5.92 Å². The summed E-state index contributed by atoms with van der Waals surface area (Å²) in [6.07, 6.45) is 7.16. The third kappa shape index (κ3) is 4.45. The van der Waals surface area contributed by atoms with Gasteiger partial charge >= 0.3 is 5.97 Å². The molecule has 1 aromatic carbocycles. The molecule has 5 heteroatoms. The molecular formula is C19H24N2O3. The maximum absolute atomic E-state index is 11.9. The average molecular weight is 328 g/mol. The Balaban J connectivity index is 1.42. The van der Waals surface area contributed by atoms with Crippen LogP contribution in [0.1, 0.15) is 35.2 Å². The number of amides is 1. The molecule has 1 heterocycles. The van der Waals surface area contributed by atoms with Gasteiger partial charge in [-0.1, -0.05) is 12.1 Å². The fraction of sp³-hybridized carbons (Fsp3) is 0.474. The van der Waals surface area contributed by atoms with Gasteiger partial charge in [-0.15, -0.1) is 0 Å². The summed E-state index contributed by atoms with van der Waals surface area (Å²) in [6, 6.07) is 7.78. The van der Waals surface area contributed by atoms with Gasteiger partial charge in [0.15, 0.2) is 0 Å². The predicted molar refractivity (Wildman–Crippen MR) is 92.5 cm³/mol. The van der Waals surface area contributed by atoms with Gasteiger partial charge in [0.2, 0.25) is 5.91 Å². The Morgan fingerprint density at radius 2 is 2.00 bits per heavy atom. The van der Waals surface area contributed by atoms with Gasteiger partial charge in [-0.05, 0) is 55.5 Å². The van der Waals surface area contributed by atoms with Crippen LogP contribution in [0.2, 0.25) is 0 Å². The van der Waals surface area contributed by atoms with Crippen molar-refractivity contribution in [2.24, 2.45) is 5.92 Å². The van der Waals surface area contributed by atoms with Crippen molar-refractivity contribution in [3.63, 3.8) is 0 Å². The van der Waals surface area contributed by atoms with E-state index in [0.29, 0.717) is 11.5 Å². The Morgan fingerprint density at radius 3 is 2.67 bits per heavy atom. The predicted octanol–water partition coefficient (Wildman–Crippen LogP) is 2.09. The molecule has 1 unspecified atom stereocenters. The molecule has 1 atom stereocenters. The quantitative estimate of drug-likeness (QED) is 0.642.